The van der Waals surface area contributed by atoms with E-state index >= 15 is 0 Å². The largest absolute Gasteiger partial charge is 0.338 e. The first-order valence-electron chi connectivity index (χ1n) is 9.47. The zero-order valence-electron chi connectivity index (χ0n) is 14.8. The van der Waals surface area contributed by atoms with Crippen LogP contribution in [0, 0.1) is 0 Å². The summed E-state index contributed by atoms with van der Waals surface area (Å²) in [5, 5.41) is 6.17. The van der Waals surface area contributed by atoms with Crippen LogP contribution in [-0.2, 0) is 0 Å². The van der Waals surface area contributed by atoms with Gasteiger partial charge in [-0.15, -0.1) is 0 Å². The minimum Gasteiger partial charge on any atom is -0.338 e. The van der Waals surface area contributed by atoms with Gasteiger partial charge in [0.05, 0.1) is 0 Å². The minimum atomic E-state index is -0.0215. The van der Waals surface area contributed by atoms with Gasteiger partial charge in [0.1, 0.15) is 0 Å². The number of hydrogen-bond donors (Lipinski definition) is 2. The van der Waals surface area contributed by atoms with E-state index in [4.69, 9.17) is 0 Å². The van der Waals surface area contributed by atoms with Crippen molar-refractivity contribution in [2.45, 2.75) is 50.5 Å². The van der Waals surface area contributed by atoms with Gasteiger partial charge in [-0.05, 0) is 30.4 Å². The lowest BCUT2D eigenvalue weighted by atomic mass is 9.88. The Bertz CT molecular complexity index is 596. The van der Waals surface area contributed by atoms with Crippen molar-refractivity contribution < 1.29 is 4.79 Å². The summed E-state index contributed by atoms with van der Waals surface area (Å²) in [6, 6.07) is 21.4. The maximum atomic E-state index is 12.1. The van der Waals surface area contributed by atoms with E-state index in [0.29, 0.717) is 18.5 Å². The molecule has 0 spiro atoms. The normalized spacial score (nSPS) is 15.1. The molecule has 0 atom stereocenters. The van der Waals surface area contributed by atoms with Crippen LogP contribution in [0.3, 0.4) is 0 Å². The molecule has 132 valence electrons. The predicted octanol–water partition coefficient (Wildman–Crippen LogP) is 4.84. The first kappa shape index (κ1) is 17.5. The highest BCUT2D eigenvalue weighted by Crippen LogP contribution is 2.27. The Morgan fingerprint density at radius 1 is 0.880 bits per heavy atom. The Morgan fingerprint density at radius 2 is 1.44 bits per heavy atom. The number of urea groups is 1. The molecule has 2 N–H and O–H groups in total. The average Bonchev–Trinajstić information content (AvgIpc) is 2.67. The molecule has 2 aromatic carbocycles. The van der Waals surface area contributed by atoms with Crippen molar-refractivity contribution in [1.29, 1.82) is 0 Å². The Hall–Kier alpha value is -2.29. The van der Waals surface area contributed by atoms with E-state index in [9.17, 15) is 4.79 Å². The summed E-state index contributed by atoms with van der Waals surface area (Å²) in [5.74, 6) is 0.303. The van der Waals surface area contributed by atoms with Gasteiger partial charge in [0, 0.05) is 18.5 Å². The summed E-state index contributed by atoms with van der Waals surface area (Å²) >= 11 is 0. The number of benzene rings is 2. The average molecular weight is 336 g/mol. The summed E-state index contributed by atoms with van der Waals surface area (Å²) in [6.45, 7) is 0.674. The fraction of sp³-hybridized carbons (Fsp3) is 0.409. The summed E-state index contributed by atoms with van der Waals surface area (Å²) in [5.41, 5.74) is 2.59. The molecule has 0 aliphatic heterocycles. The van der Waals surface area contributed by atoms with E-state index < -0.39 is 0 Å². The molecule has 2 amide bonds. The molecule has 0 heterocycles. The molecule has 1 aliphatic rings. The quantitative estimate of drug-likeness (QED) is 0.778. The fourth-order valence-electron chi connectivity index (χ4n) is 3.71. The maximum absolute atomic E-state index is 12.1. The molecule has 2 aromatic rings. The van der Waals surface area contributed by atoms with Crippen LogP contribution in [0.15, 0.2) is 60.7 Å². The van der Waals surface area contributed by atoms with Crippen molar-refractivity contribution in [3.63, 3.8) is 0 Å². The number of amides is 2. The lowest BCUT2D eigenvalue weighted by molar-refractivity contribution is 0.232. The molecule has 0 bridgehead atoms. The molecule has 3 nitrogen and oxygen atoms in total. The molecule has 0 radical (unpaired) electrons. The van der Waals surface area contributed by atoms with E-state index in [2.05, 4.69) is 59.2 Å². The Morgan fingerprint density at radius 3 is 2.00 bits per heavy atom. The Kier molecular flexibility index (Phi) is 6.49. The van der Waals surface area contributed by atoms with Gasteiger partial charge in [-0.25, -0.2) is 4.79 Å². The summed E-state index contributed by atoms with van der Waals surface area (Å²) in [7, 11) is 0. The molecule has 0 saturated heterocycles. The van der Waals surface area contributed by atoms with E-state index in [-0.39, 0.29) is 6.03 Å². The van der Waals surface area contributed by atoms with E-state index in [1.165, 1.54) is 30.4 Å². The van der Waals surface area contributed by atoms with Crippen LogP contribution in [0.2, 0.25) is 0 Å². The first-order valence-corrected chi connectivity index (χ1v) is 9.47. The maximum Gasteiger partial charge on any atom is 0.315 e. The van der Waals surface area contributed by atoms with E-state index in [0.717, 1.165) is 19.3 Å². The SMILES string of the molecule is O=C(NCCC(c1ccccc1)c1ccccc1)NC1CCCCC1. The third kappa shape index (κ3) is 5.35. The summed E-state index contributed by atoms with van der Waals surface area (Å²) in [6.07, 6.45) is 6.89. The zero-order chi connectivity index (χ0) is 17.3. The van der Waals surface area contributed by atoms with Crippen molar-refractivity contribution in [1.82, 2.24) is 10.6 Å². The molecular formula is C22H28N2O. The smallest absolute Gasteiger partial charge is 0.315 e. The minimum absolute atomic E-state index is 0.0215. The molecule has 25 heavy (non-hydrogen) atoms. The molecule has 1 fully saturated rings. The van der Waals surface area contributed by atoms with Gasteiger partial charge in [0.25, 0.3) is 0 Å². The van der Waals surface area contributed by atoms with Gasteiger partial charge < -0.3 is 10.6 Å². The third-order valence-electron chi connectivity index (χ3n) is 5.06. The van der Waals surface area contributed by atoms with Crippen molar-refractivity contribution in [3.05, 3.63) is 71.8 Å². The standard InChI is InChI=1S/C22H28N2O/c25-22(24-20-14-8-3-9-15-20)23-17-16-21(18-10-4-1-5-11-18)19-12-6-2-7-13-19/h1-2,4-7,10-13,20-21H,3,8-9,14-17H2,(H2,23,24,25). The van der Waals surface area contributed by atoms with Gasteiger partial charge in [-0.2, -0.15) is 0 Å². The van der Waals surface area contributed by atoms with Crippen LogP contribution in [0.5, 0.6) is 0 Å². The van der Waals surface area contributed by atoms with Crippen LogP contribution in [0.25, 0.3) is 0 Å². The second-order valence-electron chi connectivity index (χ2n) is 6.90. The number of carbonyl (C=O) groups is 1. The topological polar surface area (TPSA) is 41.1 Å². The van der Waals surface area contributed by atoms with E-state index in [1.807, 2.05) is 12.1 Å². The van der Waals surface area contributed by atoms with Crippen LogP contribution in [0.1, 0.15) is 55.6 Å². The second kappa shape index (κ2) is 9.26. The van der Waals surface area contributed by atoms with Gasteiger partial charge in [-0.1, -0.05) is 79.9 Å². The van der Waals surface area contributed by atoms with Crippen molar-refractivity contribution in [3.8, 4) is 0 Å². The van der Waals surface area contributed by atoms with Gasteiger partial charge in [-0.3, -0.25) is 0 Å². The molecule has 3 rings (SSSR count). The number of hydrogen-bond acceptors (Lipinski definition) is 1. The van der Waals surface area contributed by atoms with Crippen LogP contribution < -0.4 is 10.6 Å². The molecule has 3 heteroatoms. The summed E-state index contributed by atoms with van der Waals surface area (Å²) < 4.78 is 0. The number of nitrogens with one attached hydrogen (secondary N) is 2. The highest BCUT2D eigenvalue weighted by atomic mass is 16.2. The zero-order valence-corrected chi connectivity index (χ0v) is 14.8. The monoisotopic (exact) mass is 336 g/mol. The second-order valence-corrected chi connectivity index (χ2v) is 6.90. The molecular weight excluding hydrogens is 308 g/mol. The molecule has 0 unspecified atom stereocenters. The van der Waals surface area contributed by atoms with Gasteiger partial charge in [0.15, 0.2) is 0 Å². The lowest BCUT2D eigenvalue weighted by Gasteiger charge is -2.23. The highest BCUT2D eigenvalue weighted by Gasteiger charge is 2.17. The van der Waals surface area contributed by atoms with Gasteiger partial charge >= 0.3 is 6.03 Å². The fourth-order valence-corrected chi connectivity index (χ4v) is 3.71. The highest BCUT2D eigenvalue weighted by molar-refractivity contribution is 5.74. The lowest BCUT2D eigenvalue weighted by Crippen LogP contribution is -2.43. The van der Waals surface area contributed by atoms with Crippen LogP contribution >= 0.6 is 0 Å². The molecule has 1 saturated carbocycles. The number of rotatable bonds is 6. The summed E-state index contributed by atoms with van der Waals surface area (Å²) in [4.78, 5) is 12.1. The van der Waals surface area contributed by atoms with Crippen molar-refractivity contribution in [2.75, 3.05) is 6.54 Å². The number of carbonyl (C=O) groups excluding carboxylic acids is 1. The predicted molar refractivity (Wildman–Crippen MR) is 103 cm³/mol. The third-order valence-corrected chi connectivity index (χ3v) is 5.06. The first-order chi connectivity index (χ1) is 12.3. The van der Waals surface area contributed by atoms with Crippen LogP contribution in [-0.4, -0.2) is 18.6 Å². The molecule has 1 aliphatic carbocycles. The Balaban J connectivity index is 1.55. The Labute approximate surface area is 150 Å². The van der Waals surface area contributed by atoms with Crippen molar-refractivity contribution >= 4 is 6.03 Å². The molecule has 0 aromatic heterocycles. The van der Waals surface area contributed by atoms with Gasteiger partial charge in [0.2, 0.25) is 0 Å². The van der Waals surface area contributed by atoms with E-state index in [1.54, 1.807) is 0 Å². The van der Waals surface area contributed by atoms with Crippen LogP contribution in [0.4, 0.5) is 4.79 Å². The van der Waals surface area contributed by atoms with Crippen molar-refractivity contribution in [2.24, 2.45) is 0 Å².